The summed E-state index contributed by atoms with van der Waals surface area (Å²) in [7, 11) is -5.51. The zero-order valence-electron chi connectivity index (χ0n) is 24.7. The molecular weight excluding hydrogens is 612 g/mol. The Kier molecular flexibility index (Phi) is 8.58. The van der Waals surface area contributed by atoms with Crippen molar-refractivity contribution in [3.63, 3.8) is 0 Å². The Morgan fingerprint density at radius 1 is 1.11 bits per heavy atom. The molecule has 1 aromatic carbocycles. The Bertz CT molecular complexity index is 1570. The van der Waals surface area contributed by atoms with Gasteiger partial charge in [-0.1, -0.05) is 6.07 Å². The molecule has 0 amide bonds. The molecule has 1 spiro atoms. The molecule has 4 heterocycles. The molecule has 0 unspecified atom stereocenters. The van der Waals surface area contributed by atoms with E-state index in [2.05, 4.69) is 10.3 Å². The molecule has 242 valence electrons. The van der Waals surface area contributed by atoms with E-state index in [1.807, 2.05) is 11.9 Å². The van der Waals surface area contributed by atoms with Crippen molar-refractivity contribution in [3.8, 4) is 11.5 Å². The average molecular weight is 653 g/mol. The van der Waals surface area contributed by atoms with Gasteiger partial charge in [-0.3, -0.25) is 0 Å². The van der Waals surface area contributed by atoms with Gasteiger partial charge >= 0.3 is 0 Å². The second-order valence-electron chi connectivity index (χ2n) is 12.3. The Hall–Kier alpha value is -2.53. The molecule has 3 aliphatic heterocycles. The molecule has 1 saturated carbocycles. The van der Waals surface area contributed by atoms with E-state index < -0.39 is 42.9 Å². The third kappa shape index (κ3) is 6.02. The number of aliphatic hydroxyl groups excluding tert-OH is 2. The number of hydrogen-bond donors (Lipinski definition) is 3. The maximum absolute atomic E-state index is 13.4. The van der Waals surface area contributed by atoms with Crippen molar-refractivity contribution in [2.24, 2.45) is 0 Å². The summed E-state index contributed by atoms with van der Waals surface area (Å²) in [5.74, 6) is 1.43. The first-order valence-corrected chi connectivity index (χ1v) is 17.9. The number of aliphatic hydroxyl groups is 2. The Morgan fingerprint density at radius 3 is 2.61 bits per heavy atom. The Balaban J connectivity index is 0.966. The fraction of sp³-hybridized carbons (Fsp3) is 0.621. The van der Waals surface area contributed by atoms with Gasteiger partial charge < -0.3 is 34.6 Å². The number of likely N-dealkylation sites (N-methyl/N-ethyl adjacent to an activating group) is 1. The third-order valence-corrected chi connectivity index (χ3v) is 13.6. The summed E-state index contributed by atoms with van der Waals surface area (Å²) in [6, 6.07) is 7.69. The molecular formula is C29H40N4O9S2. The highest BCUT2D eigenvalue weighted by molar-refractivity contribution is 7.93. The van der Waals surface area contributed by atoms with Crippen LogP contribution in [-0.4, -0.2) is 118 Å². The van der Waals surface area contributed by atoms with Gasteiger partial charge in [0.15, 0.2) is 21.4 Å². The number of benzene rings is 1. The molecule has 3 N–H and O–H groups in total. The zero-order chi connectivity index (χ0) is 31.2. The van der Waals surface area contributed by atoms with Crippen molar-refractivity contribution in [2.75, 3.05) is 64.6 Å². The highest BCUT2D eigenvalue weighted by Crippen LogP contribution is 2.46. The minimum absolute atomic E-state index is 0.00604. The van der Waals surface area contributed by atoms with E-state index in [0.29, 0.717) is 82.3 Å². The van der Waals surface area contributed by atoms with Gasteiger partial charge in [0.05, 0.1) is 35.0 Å². The zero-order valence-corrected chi connectivity index (χ0v) is 26.4. The number of pyridine rings is 1. The second-order valence-corrected chi connectivity index (χ2v) is 16.5. The van der Waals surface area contributed by atoms with Gasteiger partial charge in [-0.15, -0.1) is 0 Å². The van der Waals surface area contributed by atoms with E-state index in [-0.39, 0.29) is 29.0 Å². The SMILES string of the molecule is CN1CCOc2cc(S(=O)(=O)N3CCC4(CC3)C[C@@H](NC[C@H](O)COc3cccc(S(=O)(=O)C5(CO)CC5)c3)CO4)cnc21. The maximum atomic E-state index is 13.4. The average Bonchev–Trinajstić information content (AvgIpc) is 3.75. The lowest BCUT2D eigenvalue weighted by molar-refractivity contribution is -0.0312. The van der Waals surface area contributed by atoms with E-state index >= 15 is 0 Å². The summed E-state index contributed by atoms with van der Waals surface area (Å²) in [4.78, 5) is 6.49. The number of sulfonamides is 1. The molecule has 3 fully saturated rings. The molecule has 13 nitrogen and oxygen atoms in total. The van der Waals surface area contributed by atoms with Crippen LogP contribution in [0.4, 0.5) is 5.82 Å². The van der Waals surface area contributed by atoms with E-state index in [1.54, 1.807) is 18.2 Å². The molecule has 1 aliphatic carbocycles. The molecule has 6 rings (SSSR count). The van der Waals surface area contributed by atoms with Crippen molar-refractivity contribution < 1.29 is 41.3 Å². The van der Waals surface area contributed by atoms with Crippen LogP contribution in [0.5, 0.6) is 11.5 Å². The van der Waals surface area contributed by atoms with Crippen LogP contribution in [0.3, 0.4) is 0 Å². The van der Waals surface area contributed by atoms with E-state index in [9.17, 15) is 27.0 Å². The van der Waals surface area contributed by atoms with Crippen LogP contribution in [0, 0.1) is 0 Å². The number of anilines is 1. The summed E-state index contributed by atoms with van der Waals surface area (Å²) < 4.78 is 70.4. The van der Waals surface area contributed by atoms with Crippen LogP contribution in [-0.2, 0) is 24.6 Å². The topological polar surface area (TPSA) is 168 Å². The summed E-state index contributed by atoms with van der Waals surface area (Å²) in [6.07, 6.45) is 3.23. The first-order valence-electron chi connectivity index (χ1n) is 14.9. The minimum Gasteiger partial charge on any atom is -0.491 e. The van der Waals surface area contributed by atoms with Gasteiger partial charge in [-0.25, -0.2) is 21.8 Å². The third-order valence-electron chi connectivity index (χ3n) is 9.20. The molecule has 0 bridgehead atoms. The number of nitrogens with zero attached hydrogens (tertiary/aromatic N) is 3. The van der Waals surface area contributed by atoms with Gasteiger partial charge in [0.2, 0.25) is 10.0 Å². The Morgan fingerprint density at radius 2 is 1.89 bits per heavy atom. The van der Waals surface area contributed by atoms with Gasteiger partial charge in [-0.2, -0.15) is 4.31 Å². The molecule has 4 aliphatic rings. The first kappa shape index (κ1) is 31.5. The fourth-order valence-electron chi connectivity index (χ4n) is 6.15. The van der Waals surface area contributed by atoms with Crippen LogP contribution >= 0.6 is 0 Å². The summed E-state index contributed by atoms with van der Waals surface area (Å²) >= 11 is 0. The molecule has 44 heavy (non-hydrogen) atoms. The second kappa shape index (κ2) is 12.0. The smallest absolute Gasteiger partial charge is 0.244 e. The molecule has 2 atom stereocenters. The van der Waals surface area contributed by atoms with Gasteiger partial charge in [0.25, 0.3) is 0 Å². The number of piperidine rings is 1. The molecule has 0 radical (unpaired) electrons. The fourth-order valence-corrected chi connectivity index (χ4v) is 9.39. The van der Waals surface area contributed by atoms with Gasteiger partial charge in [0.1, 0.15) is 30.0 Å². The van der Waals surface area contributed by atoms with Crippen molar-refractivity contribution in [2.45, 2.75) is 64.4 Å². The normalized spacial score (nSPS) is 23.6. The minimum atomic E-state index is -3.73. The van der Waals surface area contributed by atoms with Crippen molar-refractivity contribution in [1.29, 1.82) is 0 Å². The highest BCUT2D eigenvalue weighted by atomic mass is 32.2. The summed E-state index contributed by atoms with van der Waals surface area (Å²) in [6.45, 7) is 2.09. The largest absolute Gasteiger partial charge is 0.491 e. The molecule has 1 aromatic heterocycles. The van der Waals surface area contributed by atoms with Gasteiger partial charge in [-0.05, 0) is 50.3 Å². The number of ether oxygens (including phenoxy) is 3. The van der Waals surface area contributed by atoms with E-state index in [1.165, 1.54) is 22.6 Å². The quantitative estimate of drug-likeness (QED) is 0.309. The number of nitrogens with one attached hydrogen (secondary N) is 1. The number of aromatic nitrogens is 1. The highest BCUT2D eigenvalue weighted by Gasteiger charge is 2.54. The number of rotatable bonds is 11. The standard InChI is InChI=1S/C29H40N4O9S2/c1-32-11-12-40-26-14-25(17-31-27(26)32)44(38,39)33-9-7-28(8-10-33)15-21(18-42-28)30-16-22(35)19-41-23-3-2-4-24(13-23)43(36,37)29(20-34)5-6-29/h2-4,13-14,17,21-22,30,34-35H,5-12,15-16,18-20H2,1H3/t21-,22+/m1/s1. The van der Waals surface area contributed by atoms with Crippen LogP contribution in [0.25, 0.3) is 0 Å². The predicted molar refractivity (Wildman–Crippen MR) is 160 cm³/mol. The lowest BCUT2D eigenvalue weighted by atomic mass is 9.88. The summed E-state index contributed by atoms with van der Waals surface area (Å²) in [5, 5.41) is 23.4. The van der Waals surface area contributed by atoms with Crippen molar-refractivity contribution >= 4 is 25.7 Å². The van der Waals surface area contributed by atoms with E-state index in [4.69, 9.17) is 14.2 Å². The van der Waals surface area contributed by atoms with E-state index in [0.717, 1.165) is 0 Å². The number of fused-ring (bicyclic) bond motifs is 1. The van der Waals surface area contributed by atoms with Crippen molar-refractivity contribution in [3.05, 3.63) is 36.5 Å². The number of sulfone groups is 1. The Labute approximate surface area is 258 Å². The van der Waals surface area contributed by atoms with Gasteiger partial charge in [0, 0.05) is 45.0 Å². The van der Waals surface area contributed by atoms with Crippen molar-refractivity contribution in [1.82, 2.24) is 14.6 Å². The van der Waals surface area contributed by atoms with Crippen LogP contribution < -0.4 is 19.7 Å². The van der Waals surface area contributed by atoms with Crippen LogP contribution in [0.1, 0.15) is 32.1 Å². The predicted octanol–water partition coefficient (Wildman–Crippen LogP) is 0.551. The first-order chi connectivity index (χ1) is 21.0. The maximum Gasteiger partial charge on any atom is 0.244 e. The lowest BCUT2D eigenvalue weighted by Crippen LogP contribution is -2.47. The van der Waals surface area contributed by atoms with Crippen LogP contribution in [0.15, 0.2) is 46.3 Å². The molecule has 2 aromatic rings. The molecule has 15 heteroatoms. The molecule has 2 saturated heterocycles. The monoisotopic (exact) mass is 652 g/mol. The summed E-state index contributed by atoms with van der Waals surface area (Å²) in [5.41, 5.74) is -0.426. The lowest BCUT2D eigenvalue weighted by Gasteiger charge is -2.38. The van der Waals surface area contributed by atoms with Crippen LogP contribution in [0.2, 0.25) is 0 Å². The number of hydrogen-bond acceptors (Lipinski definition) is 12.